The molecule has 1 atom stereocenters. The van der Waals surface area contributed by atoms with Gasteiger partial charge in [0.2, 0.25) is 5.91 Å². The number of primary amides is 1. The summed E-state index contributed by atoms with van der Waals surface area (Å²) in [5.74, 6) is -2.35. The SMILES string of the molecule is NC(=O)[C@@H](c1ccccc1)N(Cc1cccc(OC(F)(F)F)c1)C(=O)c1ccccc1O. The van der Waals surface area contributed by atoms with Crippen LogP contribution in [0.3, 0.4) is 0 Å². The molecule has 0 heterocycles. The van der Waals surface area contributed by atoms with Crippen LogP contribution in [0, 0.1) is 0 Å². The van der Waals surface area contributed by atoms with Crippen molar-refractivity contribution in [2.75, 3.05) is 0 Å². The summed E-state index contributed by atoms with van der Waals surface area (Å²) in [6, 6.07) is 17.8. The normalized spacial score (nSPS) is 12.1. The molecule has 2 amide bonds. The molecule has 0 aliphatic carbocycles. The van der Waals surface area contributed by atoms with E-state index in [1.807, 2.05) is 0 Å². The number of nitrogens with two attached hydrogens (primary N) is 1. The zero-order valence-electron chi connectivity index (χ0n) is 16.6. The third-order valence-electron chi connectivity index (χ3n) is 4.58. The highest BCUT2D eigenvalue weighted by Gasteiger charge is 2.33. The lowest BCUT2D eigenvalue weighted by Gasteiger charge is -2.30. The molecule has 6 nitrogen and oxygen atoms in total. The Morgan fingerprint density at radius 3 is 2.25 bits per heavy atom. The summed E-state index contributed by atoms with van der Waals surface area (Å²) in [5, 5.41) is 10.1. The molecule has 0 aliphatic heterocycles. The Balaban J connectivity index is 2.05. The number of ether oxygens (including phenoxy) is 1. The lowest BCUT2D eigenvalue weighted by molar-refractivity contribution is -0.274. The Morgan fingerprint density at radius 1 is 0.969 bits per heavy atom. The highest BCUT2D eigenvalue weighted by Crippen LogP contribution is 2.29. The molecule has 166 valence electrons. The molecular formula is C23H19F3N2O4. The molecule has 32 heavy (non-hydrogen) atoms. The van der Waals surface area contributed by atoms with Crippen LogP contribution in [0.25, 0.3) is 0 Å². The Hall–Kier alpha value is -4.01. The number of hydrogen-bond acceptors (Lipinski definition) is 4. The minimum Gasteiger partial charge on any atom is -0.507 e. The van der Waals surface area contributed by atoms with Crippen LogP contribution in [0.2, 0.25) is 0 Å². The first-order chi connectivity index (χ1) is 15.2. The summed E-state index contributed by atoms with van der Waals surface area (Å²) < 4.78 is 41.8. The number of halogens is 3. The van der Waals surface area contributed by atoms with E-state index in [-0.39, 0.29) is 23.4 Å². The van der Waals surface area contributed by atoms with Crippen molar-refractivity contribution in [2.45, 2.75) is 18.9 Å². The average Bonchev–Trinajstić information content (AvgIpc) is 2.73. The average molecular weight is 444 g/mol. The zero-order valence-corrected chi connectivity index (χ0v) is 16.6. The molecule has 3 N–H and O–H groups in total. The van der Waals surface area contributed by atoms with Gasteiger partial charge in [-0.05, 0) is 35.4 Å². The number of nitrogens with zero attached hydrogens (tertiary/aromatic N) is 1. The smallest absolute Gasteiger partial charge is 0.507 e. The maximum atomic E-state index is 13.3. The van der Waals surface area contributed by atoms with Crippen molar-refractivity contribution in [1.29, 1.82) is 0 Å². The van der Waals surface area contributed by atoms with Crippen LogP contribution in [-0.2, 0) is 11.3 Å². The van der Waals surface area contributed by atoms with Gasteiger partial charge < -0.3 is 20.5 Å². The number of amides is 2. The molecule has 0 saturated heterocycles. The fraction of sp³-hybridized carbons (Fsp3) is 0.130. The van der Waals surface area contributed by atoms with Crippen LogP contribution < -0.4 is 10.5 Å². The van der Waals surface area contributed by atoms with Gasteiger partial charge in [0.25, 0.3) is 5.91 Å². The molecule has 0 spiro atoms. The Kier molecular flexibility index (Phi) is 6.67. The third kappa shape index (κ3) is 5.57. The molecule has 3 aromatic carbocycles. The second kappa shape index (κ2) is 9.42. The molecule has 0 fully saturated rings. The molecule has 3 aromatic rings. The van der Waals surface area contributed by atoms with Crippen LogP contribution in [0.15, 0.2) is 78.9 Å². The lowest BCUT2D eigenvalue weighted by Crippen LogP contribution is -2.41. The number of aromatic hydroxyl groups is 1. The molecular weight excluding hydrogens is 425 g/mol. The van der Waals surface area contributed by atoms with E-state index in [4.69, 9.17) is 5.73 Å². The molecule has 0 saturated carbocycles. The van der Waals surface area contributed by atoms with Crippen molar-refractivity contribution in [3.63, 3.8) is 0 Å². The number of carbonyl (C=O) groups is 2. The number of carbonyl (C=O) groups excluding carboxylic acids is 2. The monoisotopic (exact) mass is 444 g/mol. The van der Waals surface area contributed by atoms with E-state index >= 15 is 0 Å². The third-order valence-corrected chi connectivity index (χ3v) is 4.58. The number of rotatable bonds is 7. The summed E-state index contributed by atoms with van der Waals surface area (Å²) in [6.45, 7) is -0.273. The highest BCUT2D eigenvalue weighted by atomic mass is 19.4. The summed E-state index contributed by atoms with van der Waals surface area (Å²) in [5.41, 5.74) is 6.21. The molecule has 0 aromatic heterocycles. The minimum atomic E-state index is -4.89. The van der Waals surface area contributed by atoms with Crippen molar-refractivity contribution in [2.24, 2.45) is 5.73 Å². The standard InChI is InChI=1S/C23H19F3N2O4/c24-23(25,26)32-17-10-6-7-15(13-17)14-28(22(31)18-11-4-5-12-19(18)29)20(21(27)30)16-8-2-1-3-9-16/h1-13,20,29H,14H2,(H2,27,30)/t20-/m1/s1. The molecule has 0 aliphatic rings. The fourth-order valence-electron chi connectivity index (χ4n) is 3.26. The van der Waals surface area contributed by atoms with Crippen molar-refractivity contribution >= 4 is 11.8 Å². The predicted molar refractivity (Wildman–Crippen MR) is 109 cm³/mol. The second-order valence-corrected chi connectivity index (χ2v) is 6.86. The first kappa shape index (κ1) is 22.7. The number of phenols is 1. The van der Waals surface area contributed by atoms with Crippen molar-refractivity contribution in [3.05, 3.63) is 95.6 Å². The molecule has 0 unspecified atom stereocenters. The summed E-state index contributed by atoms with van der Waals surface area (Å²) in [7, 11) is 0. The zero-order chi connectivity index (χ0) is 23.3. The summed E-state index contributed by atoms with van der Waals surface area (Å²) in [6.07, 6.45) is -4.89. The fourth-order valence-corrected chi connectivity index (χ4v) is 3.26. The topological polar surface area (TPSA) is 92.9 Å². The van der Waals surface area contributed by atoms with E-state index < -0.39 is 30.0 Å². The van der Waals surface area contributed by atoms with Crippen molar-refractivity contribution in [3.8, 4) is 11.5 Å². The summed E-state index contributed by atoms with van der Waals surface area (Å²) >= 11 is 0. The molecule has 9 heteroatoms. The van der Waals surface area contributed by atoms with E-state index in [9.17, 15) is 27.9 Å². The maximum Gasteiger partial charge on any atom is 0.573 e. The van der Waals surface area contributed by atoms with Crippen LogP contribution in [0.5, 0.6) is 11.5 Å². The summed E-state index contributed by atoms with van der Waals surface area (Å²) in [4.78, 5) is 26.8. The van der Waals surface area contributed by atoms with Gasteiger partial charge in [0.15, 0.2) is 0 Å². The van der Waals surface area contributed by atoms with E-state index in [1.54, 1.807) is 30.3 Å². The molecule has 0 bridgehead atoms. The second-order valence-electron chi connectivity index (χ2n) is 6.86. The van der Waals surface area contributed by atoms with Crippen molar-refractivity contribution in [1.82, 2.24) is 4.90 Å². The first-order valence-electron chi connectivity index (χ1n) is 9.43. The van der Waals surface area contributed by atoms with Gasteiger partial charge >= 0.3 is 6.36 Å². The van der Waals surface area contributed by atoms with Gasteiger partial charge in [-0.25, -0.2) is 0 Å². The van der Waals surface area contributed by atoms with Gasteiger partial charge in [-0.3, -0.25) is 9.59 Å². The van der Waals surface area contributed by atoms with Gasteiger partial charge in [0.1, 0.15) is 17.5 Å². The number of para-hydroxylation sites is 1. The number of phenolic OH excluding ortho intramolecular Hbond substituents is 1. The largest absolute Gasteiger partial charge is 0.573 e. The van der Waals surface area contributed by atoms with Gasteiger partial charge in [0.05, 0.1) is 5.56 Å². The van der Waals surface area contributed by atoms with E-state index in [0.29, 0.717) is 5.56 Å². The minimum absolute atomic E-state index is 0.0858. The van der Waals surface area contributed by atoms with Gasteiger partial charge in [-0.2, -0.15) is 0 Å². The predicted octanol–water partition coefficient (Wildman–Crippen LogP) is 4.16. The van der Waals surface area contributed by atoms with Crippen LogP contribution in [0.1, 0.15) is 27.5 Å². The number of benzene rings is 3. The number of hydrogen-bond donors (Lipinski definition) is 2. The Labute approximate surface area is 181 Å². The van der Waals surface area contributed by atoms with E-state index in [2.05, 4.69) is 4.74 Å². The highest BCUT2D eigenvalue weighted by molar-refractivity contribution is 5.99. The maximum absolute atomic E-state index is 13.3. The quantitative estimate of drug-likeness (QED) is 0.572. The van der Waals surface area contributed by atoms with Gasteiger partial charge in [0, 0.05) is 6.54 Å². The van der Waals surface area contributed by atoms with E-state index in [0.717, 1.165) is 17.0 Å². The van der Waals surface area contributed by atoms with Gasteiger partial charge in [-0.1, -0.05) is 54.6 Å². The first-order valence-corrected chi connectivity index (χ1v) is 9.43. The van der Waals surface area contributed by atoms with E-state index in [1.165, 1.54) is 36.4 Å². The van der Waals surface area contributed by atoms with Crippen LogP contribution in [-0.4, -0.2) is 28.2 Å². The Bertz CT molecular complexity index is 1100. The molecule has 0 radical (unpaired) electrons. The Morgan fingerprint density at radius 2 is 1.62 bits per heavy atom. The van der Waals surface area contributed by atoms with Crippen LogP contribution >= 0.6 is 0 Å². The van der Waals surface area contributed by atoms with Crippen LogP contribution in [0.4, 0.5) is 13.2 Å². The van der Waals surface area contributed by atoms with Gasteiger partial charge in [-0.15, -0.1) is 13.2 Å². The molecule has 3 rings (SSSR count). The van der Waals surface area contributed by atoms with Crippen molar-refractivity contribution < 1.29 is 32.6 Å². The number of alkyl halides is 3. The lowest BCUT2D eigenvalue weighted by atomic mass is 10.0.